The van der Waals surface area contributed by atoms with Gasteiger partial charge in [0.1, 0.15) is 0 Å². The second-order valence-corrected chi connectivity index (χ2v) is 9.92. The first-order chi connectivity index (χ1) is 13.7. The third kappa shape index (κ3) is 7.71. The summed E-state index contributed by atoms with van der Waals surface area (Å²) in [6.45, 7) is 4.48. The first-order valence-electron chi connectivity index (χ1n) is 9.74. The van der Waals surface area contributed by atoms with Crippen LogP contribution in [0.1, 0.15) is 44.7 Å². The van der Waals surface area contributed by atoms with Crippen molar-refractivity contribution in [2.75, 3.05) is 17.1 Å². The van der Waals surface area contributed by atoms with Crippen LogP contribution < -0.4 is 9.62 Å². The van der Waals surface area contributed by atoms with Crippen molar-refractivity contribution < 1.29 is 13.2 Å². The van der Waals surface area contributed by atoms with Crippen LogP contribution in [0, 0.1) is 5.92 Å². The quantitative estimate of drug-likeness (QED) is 0.582. The number of amides is 1. The molecule has 2 aromatic rings. The minimum absolute atomic E-state index is 0.0500. The van der Waals surface area contributed by atoms with Crippen molar-refractivity contribution in [1.82, 2.24) is 5.32 Å². The van der Waals surface area contributed by atoms with E-state index in [1.807, 2.05) is 30.3 Å². The molecule has 2 aromatic carbocycles. The van der Waals surface area contributed by atoms with Gasteiger partial charge in [-0.25, -0.2) is 8.42 Å². The number of sulfonamides is 1. The lowest BCUT2D eigenvalue weighted by Crippen LogP contribution is -2.33. The van der Waals surface area contributed by atoms with E-state index in [1.165, 1.54) is 4.31 Å². The van der Waals surface area contributed by atoms with Gasteiger partial charge in [-0.3, -0.25) is 9.10 Å². The van der Waals surface area contributed by atoms with Gasteiger partial charge in [-0.15, -0.1) is 0 Å². The number of carbonyl (C=O) groups is 1. The van der Waals surface area contributed by atoms with E-state index in [4.69, 9.17) is 11.6 Å². The molecule has 0 bridgehead atoms. The summed E-state index contributed by atoms with van der Waals surface area (Å²) in [7, 11) is -3.45. The van der Waals surface area contributed by atoms with E-state index in [0.717, 1.165) is 18.2 Å². The molecule has 7 heteroatoms. The van der Waals surface area contributed by atoms with Crippen LogP contribution in [0.25, 0.3) is 0 Å². The van der Waals surface area contributed by atoms with Crippen LogP contribution in [0.15, 0.2) is 54.6 Å². The molecule has 1 amide bonds. The third-order valence-corrected chi connectivity index (χ3v) is 5.97. The molecule has 0 unspecified atom stereocenters. The van der Waals surface area contributed by atoms with E-state index >= 15 is 0 Å². The van der Waals surface area contributed by atoms with E-state index in [2.05, 4.69) is 19.2 Å². The number of anilines is 1. The maximum absolute atomic E-state index is 12.5. The summed E-state index contributed by atoms with van der Waals surface area (Å²) in [6, 6.07) is 16.5. The number of nitrogens with one attached hydrogen (secondary N) is 1. The zero-order valence-electron chi connectivity index (χ0n) is 17.1. The molecule has 0 aliphatic heterocycles. The zero-order chi connectivity index (χ0) is 21.4. The minimum atomic E-state index is -3.45. The zero-order valence-corrected chi connectivity index (χ0v) is 18.7. The molecule has 0 heterocycles. The smallest absolute Gasteiger partial charge is 0.232 e. The number of hydrogen-bond acceptors (Lipinski definition) is 3. The van der Waals surface area contributed by atoms with Gasteiger partial charge in [0.15, 0.2) is 0 Å². The summed E-state index contributed by atoms with van der Waals surface area (Å²) in [6.07, 6.45) is 2.68. The van der Waals surface area contributed by atoms with Crippen LogP contribution in [-0.4, -0.2) is 27.1 Å². The highest BCUT2D eigenvalue weighted by molar-refractivity contribution is 7.92. The van der Waals surface area contributed by atoms with Crippen molar-refractivity contribution in [2.24, 2.45) is 5.92 Å². The number of halogens is 1. The van der Waals surface area contributed by atoms with Gasteiger partial charge in [0.2, 0.25) is 15.9 Å². The Kier molecular flexibility index (Phi) is 8.53. The largest absolute Gasteiger partial charge is 0.349 e. The molecule has 0 spiro atoms. The highest BCUT2D eigenvalue weighted by Crippen LogP contribution is 2.23. The summed E-state index contributed by atoms with van der Waals surface area (Å²) in [5.41, 5.74) is 1.62. The van der Waals surface area contributed by atoms with Gasteiger partial charge < -0.3 is 5.32 Å². The summed E-state index contributed by atoms with van der Waals surface area (Å²) >= 11 is 5.89. The van der Waals surface area contributed by atoms with Gasteiger partial charge in [-0.05, 0) is 48.6 Å². The first kappa shape index (κ1) is 23.2. The Bertz CT molecular complexity index is 884. The molecule has 0 saturated heterocycles. The van der Waals surface area contributed by atoms with E-state index < -0.39 is 10.0 Å². The van der Waals surface area contributed by atoms with Crippen molar-refractivity contribution >= 4 is 33.2 Å². The number of benzene rings is 2. The maximum Gasteiger partial charge on any atom is 0.232 e. The molecular weight excluding hydrogens is 408 g/mol. The van der Waals surface area contributed by atoms with E-state index in [9.17, 15) is 13.2 Å². The van der Waals surface area contributed by atoms with Crippen molar-refractivity contribution in [3.8, 4) is 0 Å². The molecule has 5 nitrogen and oxygen atoms in total. The fourth-order valence-corrected chi connectivity index (χ4v) is 4.27. The van der Waals surface area contributed by atoms with E-state index in [0.29, 0.717) is 23.0 Å². The van der Waals surface area contributed by atoms with Crippen LogP contribution in [0.3, 0.4) is 0 Å². The SMILES string of the molecule is CC(C)C[C@@H](NC(=O)CCCN(c1ccc(Cl)cc1)S(C)(=O)=O)c1ccccc1. The second-order valence-electron chi connectivity index (χ2n) is 7.58. The molecule has 0 radical (unpaired) electrons. The molecule has 0 fully saturated rings. The predicted molar refractivity (Wildman–Crippen MR) is 120 cm³/mol. The van der Waals surface area contributed by atoms with Crippen molar-refractivity contribution in [1.29, 1.82) is 0 Å². The monoisotopic (exact) mass is 436 g/mol. The fraction of sp³-hybridized carbons (Fsp3) is 0.409. The highest BCUT2D eigenvalue weighted by atomic mass is 35.5. The minimum Gasteiger partial charge on any atom is -0.349 e. The molecule has 29 heavy (non-hydrogen) atoms. The van der Waals surface area contributed by atoms with Gasteiger partial charge in [-0.2, -0.15) is 0 Å². The van der Waals surface area contributed by atoms with Crippen molar-refractivity contribution in [2.45, 2.75) is 39.2 Å². The Morgan fingerprint density at radius 3 is 2.24 bits per heavy atom. The predicted octanol–water partition coefficient (Wildman–Crippen LogP) is 4.79. The lowest BCUT2D eigenvalue weighted by molar-refractivity contribution is -0.122. The first-order valence-corrected chi connectivity index (χ1v) is 12.0. The van der Waals surface area contributed by atoms with Crippen LogP contribution in [-0.2, 0) is 14.8 Å². The van der Waals surface area contributed by atoms with Crippen molar-refractivity contribution in [3.05, 3.63) is 65.2 Å². The lowest BCUT2D eigenvalue weighted by atomic mass is 9.97. The van der Waals surface area contributed by atoms with Gasteiger partial charge in [0.05, 0.1) is 18.0 Å². The Labute approximate surface area is 179 Å². The molecular formula is C22H29ClN2O3S. The van der Waals surface area contributed by atoms with Gasteiger partial charge in [0.25, 0.3) is 0 Å². The molecule has 0 aliphatic carbocycles. The average molecular weight is 437 g/mol. The molecule has 2 rings (SSSR count). The Morgan fingerprint density at radius 2 is 1.69 bits per heavy atom. The standard InChI is InChI=1S/C22H29ClN2O3S/c1-17(2)16-21(18-8-5-4-6-9-18)24-22(26)10-7-15-25(29(3,27)28)20-13-11-19(23)12-14-20/h4-6,8-9,11-14,17,21H,7,10,15-16H2,1-3H3,(H,24,26)/t21-/m1/s1. The van der Waals surface area contributed by atoms with Gasteiger partial charge in [-0.1, -0.05) is 55.8 Å². The number of rotatable bonds is 10. The molecule has 158 valence electrons. The molecule has 0 saturated carbocycles. The average Bonchev–Trinajstić information content (AvgIpc) is 2.65. The molecule has 1 atom stereocenters. The number of nitrogens with zero attached hydrogens (tertiary/aromatic N) is 1. The summed E-state index contributed by atoms with van der Waals surface area (Å²) < 4.78 is 25.6. The second kappa shape index (κ2) is 10.6. The van der Waals surface area contributed by atoms with Crippen LogP contribution >= 0.6 is 11.6 Å². The number of carbonyl (C=O) groups excluding carboxylic acids is 1. The van der Waals surface area contributed by atoms with Crippen LogP contribution in [0.2, 0.25) is 5.02 Å². The Hall–Kier alpha value is -2.05. The summed E-state index contributed by atoms with van der Waals surface area (Å²) in [5, 5.41) is 3.64. The van der Waals surface area contributed by atoms with Gasteiger partial charge in [0, 0.05) is 18.0 Å². The highest BCUT2D eigenvalue weighted by Gasteiger charge is 2.19. The fourth-order valence-electron chi connectivity index (χ4n) is 3.18. The normalized spacial score (nSPS) is 12.6. The van der Waals surface area contributed by atoms with Crippen LogP contribution in [0.5, 0.6) is 0 Å². The molecule has 0 aromatic heterocycles. The van der Waals surface area contributed by atoms with Crippen molar-refractivity contribution in [3.63, 3.8) is 0 Å². The van der Waals surface area contributed by atoms with Gasteiger partial charge >= 0.3 is 0 Å². The van der Waals surface area contributed by atoms with E-state index in [1.54, 1.807) is 24.3 Å². The Balaban J connectivity index is 1.98. The third-order valence-electron chi connectivity index (χ3n) is 4.52. The summed E-state index contributed by atoms with van der Waals surface area (Å²) in [4.78, 5) is 12.5. The summed E-state index contributed by atoms with van der Waals surface area (Å²) in [5.74, 6) is 0.357. The molecule has 1 N–H and O–H groups in total. The number of hydrogen-bond donors (Lipinski definition) is 1. The van der Waals surface area contributed by atoms with E-state index in [-0.39, 0.29) is 24.9 Å². The molecule has 0 aliphatic rings. The Morgan fingerprint density at radius 1 is 1.07 bits per heavy atom. The lowest BCUT2D eigenvalue weighted by Gasteiger charge is -2.23. The topological polar surface area (TPSA) is 66.5 Å². The van der Waals surface area contributed by atoms with Crippen LogP contribution in [0.4, 0.5) is 5.69 Å². The maximum atomic E-state index is 12.5.